The largest absolute Gasteiger partial charge is 0.504 e. The van der Waals surface area contributed by atoms with Gasteiger partial charge in [-0.05, 0) is 13.8 Å². The zero-order valence-electron chi connectivity index (χ0n) is 16.4. The van der Waals surface area contributed by atoms with Gasteiger partial charge in [0.25, 0.3) is 0 Å². The molecule has 3 aromatic rings. The van der Waals surface area contributed by atoms with E-state index in [1.165, 1.54) is 0 Å². The molecule has 0 amide bonds. The van der Waals surface area contributed by atoms with Gasteiger partial charge in [0.15, 0.2) is 69.0 Å². The average molecular weight is 450 g/mol. The molecule has 0 saturated heterocycles. The van der Waals surface area contributed by atoms with Crippen molar-refractivity contribution in [1.82, 2.24) is 0 Å². The van der Waals surface area contributed by atoms with E-state index < -0.39 is 91.2 Å². The van der Waals surface area contributed by atoms with Crippen LogP contribution in [0.25, 0.3) is 22.3 Å². The molecule has 0 bridgehead atoms. The van der Waals surface area contributed by atoms with Crippen molar-refractivity contribution in [3.8, 4) is 91.2 Å². The molecule has 12 N–H and O–H groups in total. The number of phenols is 12. The van der Waals surface area contributed by atoms with Gasteiger partial charge in [-0.2, -0.15) is 0 Å². The SMILES string of the molecule is Cc1c(O)c(O)c(-c2c(O)c(O)c(-c3c(O)c(O)c(C)c(O)c3O)c(O)c2O)c(O)c1O. The van der Waals surface area contributed by atoms with Gasteiger partial charge < -0.3 is 61.3 Å². The Hall–Kier alpha value is -4.74. The van der Waals surface area contributed by atoms with Crippen LogP contribution in [0, 0.1) is 13.8 Å². The number of benzene rings is 3. The third kappa shape index (κ3) is 2.62. The van der Waals surface area contributed by atoms with Crippen LogP contribution in [0.3, 0.4) is 0 Å². The van der Waals surface area contributed by atoms with Crippen LogP contribution in [0.5, 0.6) is 69.0 Å². The van der Waals surface area contributed by atoms with Crippen molar-refractivity contribution in [3.63, 3.8) is 0 Å². The lowest BCUT2D eigenvalue weighted by molar-refractivity contribution is 0.361. The minimum atomic E-state index is -1.36. The average Bonchev–Trinajstić information content (AvgIpc) is 2.76. The summed E-state index contributed by atoms with van der Waals surface area (Å²) in [4.78, 5) is 0. The van der Waals surface area contributed by atoms with Crippen LogP contribution >= 0.6 is 0 Å². The fourth-order valence-corrected chi connectivity index (χ4v) is 3.28. The molecule has 32 heavy (non-hydrogen) atoms. The molecule has 3 aromatic carbocycles. The molecule has 0 fully saturated rings. The van der Waals surface area contributed by atoms with Crippen LogP contribution in [-0.2, 0) is 0 Å². The number of rotatable bonds is 2. The summed E-state index contributed by atoms with van der Waals surface area (Å²) in [7, 11) is 0. The summed E-state index contributed by atoms with van der Waals surface area (Å²) < 4.78 is 0. The highest BCUT2D eigenvalue weighted by Crippen LogP contribution is 2.63. The maximum Gasteiger partial charge on any atom is 0.170 e. The molecule has 3 rings (SSSR count). The number of hydrogen-bond acceptors (Lipinski definition) is 12. The summed E-state index contributed by atoms with van der Waals surface area (Å²) in [5.74, 6) is -13.9. The predicted octanol–water partition coefficient (Wildman–Crippen LogP) is 2.10. The first-order chi connectivity index (χ1) is 14.7. The highest BCUT2D eigenvalue weighted by Gasteiger charge is 2.35. The summed E-state index contributed by atoms with van der Waals surface area (Å²) in [6.45, 7) is 2.24. The fraction of sp³-hybridized carbons (Fsp3) is 0.100. The first-order valence-electron chi connectivity index (χ1n) is 8.68. The molecule has 0 aliphatic carbocycles. The van der Waals surface area contributed by atoms with Crippen molar-refractivity contribution < 1.29 is 61.3 Å². The minimum Gasteiger partial charge on any atom is -0.504 e. The minimum absolute atomic E-state index is 0.367. The Morgan fingerprint density at radius 3 is 0.531 bits per heavy atom. The van der Waals surface area contributed by atoms with Crippen molar-refractivity contribution in [2.45, 2.75) is 13.8 Å². The summed E-state index contributed by atoms with van der Waals surface area (Å²) in [5.41, 5.74) is -4.81. The lowest BCUT2D eigenvalue weighted by atomic mass is 9.91. The van der Waals surface area contributed by atoms with E-state index >= 15 is 0 Å². The van der Waals surface area contributed by atoms with E-state index in [2.05, 4.69) is 0 Å². The van der Waals surface area contributed by atoms with Gasteiger partial charge in [-0.1, -0.05) is 0 Å². The Balaban J connectivity index is 2.50. The number of phenolic OH excluding ortho intramolecular Hbond substituents is 12. The molecule has 0 radical (unpaired) electrons. The van der Waals surface area contributed by atoms with E-state index in [0.717, 1.165) is 13.8 Å². The second kappa shape index (κ2) is 6.91. The van der Waals surface area contributed by atoms with Crippen molar-refractivity contribution in [3.05, 3.63) is 11.1 Å². The third-order valence-corrected chi connectivity index (χ3v) is 5.16. The molecule has 170 valence electrons. The summed E-state index contributed by atoms with van der Waals surface area (Å²) >= 11 is 0. The Kier molecular flexibility index (Phi) is 4.74. The van der Waals surface area contributed by atoms with Crippen LogP contribution in [0.4, 0.5) is 0 Å². The van der Waals surface area contributed by atoms with Gasteiger partial charge in [-0.15, -0.1) is 0 Å². The standard InChI is InChI=1S/C20H18O12/c1-3-9(21)13(25)5(14(26)10(3)22)7-17(29)19(31)8(20(32)18(7)30)6-15(27)11(23)4(2)12(24)16(6)28/h21-32H,1-2H3. The molecule has 12 heteroatoms. The van der Waals surface area contributed by atoms with Crippen LogP contribution in [-0.4, -0.2) is 61.3 Å². The molecule has 0 aliphatic heterocycles. The topological polar surface area (TPSA) is 243 Å². The molecule has 0 saturated carbocycles. The maximum atomic E-state index is 10.5. The van der Waals surface area contributed by atoms with Gasteiger partial charge in [-0.3, -0.25) is 0 Å². The second-order valence-electron chi connectivity index (χ2n) is 6.93. The second-order valence-corrected chi connectivity index (χ2v) is 6.93. The van der Waals surface area contributed by atoms with Crippen molar-refractivity contribution in [1.29, 1.82) is 0 Å². The zero-order chi connectivity index (χ0) is 24.4. The zero-order valence-corrected chi connectivity index (χ0v) is 16.4. The Labute approximate surface area is 178 Å². The molecule has 0 atom stereocenters. The highest BCUT2D eigenvalue weighted by molar-refractivity contribution is 5.99. The Bertz CT molecular complexity index is 1120. The van der Waals surface area contributed by atoms with Gasteiger partial charge >= 0.3 is 0 Å². The Morgan fingerprint density at radius 2 is 0.375 bits per heavy atom. The van der Waals surface area contributed by atoms with E-state index in [0.29, 0.717) is 0 Å². The molecular weight excluding hydrogens is 432 g/mol. The monoisotopic (exact) mass is 450 g/mol. The van der Waals surface area contributed by atoms with Crippen LogP contribution in [0.15, 0.2) is 0 Å². The van der Waals surface area contributed by atoms with Gasteiger partial charge in [-0.25, -0.2) is 0 Å². The number of aromatic hydroxyl groups is 12. The highest BCUT2D eigenvalue weighted by atomic mass is 16.3. The molecule has 12 nitrogen and oxygen atoms in total. The smallest absolute Gasteiger partial charge is 0.170 e. The summed E-state index contributed by atoms with van der Waals surface area (Å²) in [6, 6.07) is 0. The van der Waals surface area contributed by atoms with Gasteiger partial charge in [0.05, 0.1) is 22.3 Å². The predicted molar refractivity (Wildman–Crippen MR) is 107 cm³/mol. The van der Waals surface area contributed by atoms with E-state index in [-0.39, 0.29) is 11.1 Å². The van der Waals surface area contributed by atoms with Crippen LogP contribution in [0.2, 0.25) is 0 Å². The van der Waals surface area contributed by atoms with Crippen molar-refractivity contribution >= 4 is 0 Å². The molecule has 0 unspecified atom stereocenters. The number of hydrogen-bond donors (Lipinski definition) is 12. The van der Waals surface area contributed by atoms with Gasteiger partial charge in [0.1, 0.15) is 0 Å². The van der Waals surface area contributed by atoms with Crippen LogP contribution < -0.4 is 0 Å². The quantitative estimate of drug-likeness (QED) is 0.198. The first kappa shape index (κ1) is 22.0. The molecule has 0 aromatic heterocycles. The first-order valence-corrected chi connectivity index (χ1v) is 8.68. The lowest BCUT2D eigenvalue weighted by Gasteiger charge is -2.20. The van der Waals surface area contributed by atoms with E-state index in [1.807, 2.05) is 0 Å². The lowest BCUT2D eigenvalue weighted by Crippen LogP contribution is -1.93. The van der Waals surface area contributed by atoms with Crippen molar-refractivity contribution in [2.24, 2.45) is 0 Å². The van der Waals surface area contributed by atoms with Gasteiger partial charge in [0.2, 0.25) is 0 Å². The molecule has 0 heterocycles. The summed E-state index contributed by atoms with van der Waals surface area (Å²) in [5, 5.41) is 122. The third-order valence-electron chi connectivity index (χ3n) is 5.16. The fourth-order valence-electron chi connectivity index (χ4n) is 3.28. The molecular formula is C20H18O12. The van der Waals surface area contributed by atoms with E-state index in [4.69, 9.17) is 0 Å². The Morgan fingerprint density at radius 1 is 0.250 bits per heavy atom. The summed E-state index contributed by atoms with van der Waals surface area (Å²) in [6.07, 6.45) is 0. The van der Waals surface area contributed by atoms with E-state index in [9.17, 15) is 61.3 Å². The normalized spacial score (nSPS) is 11.1. The van der Waals surface area contributed by atoms with Gasteiger partial charge in [0, 0.05) is 11.1 Å². The van der Waals surface area contributed by atoms with Crippen molar-refractivity contribution in [2.75, 3.05) is 0 Å². The molecule has 0 aliphatic rings. The maximum absolute atomic E-state index is 10.5. The van der Waals surface area contributed by atoms with Crippen LogP contribution in [0.1, 0.15) is 11.1 Å². The molecule has 0 spiro atoms. The van der Waals surface area contributed by atoms with E-state index in [1.54, 1.807) is 0 Å².